The van der Waals surface area contributed by atoms with Gasteiger partial charge in [0, 0.05) is 30.2 Å². The third-order valence-corrected chi connectivity index (χ3v) is 8.35. The van der Waals surface area contributed by atoms with Gasteiger partial charge < -0.3 is 10.5 Å². The lowest BCUT2D eigenvalue weighted by molar-refractivity contribution is -0.0631. The minimum atomic E-state index is -0.567. The topological polar surface area (TPSA) is 41.7 Å². The molecule has 1 saturated carbocycles. The Morgan fingerprint density at radius 3 is 2.37 bits per heavy atom. The molecular formula is C24H35F2N3O. The van der Waals surface area contributed by atoms with Crippen molar-refractivity contribution in [3.63, 3.8) is 0 Å². The highest BCUT2D eigenvalue weighted by Crippen LogP contribution is 2.43. The molecule has 5 rings (SSSR count). The van der Waals surface area contributed by atoms with Gasteiger partial charge in [0.15, 0.2) is 0 Å². The van der Waals surface area contributed by atoms with Gasteiger partial charge in [-0.25, -0.2) is 8.78 Å². The van der Waals surface area contributed by atoms with Crippen LogP contribution in [0.15, 0.2) is 18.2 Å². The number of ether oxygens (including phenoxy) is 1. The van der Waals surface area contributed by atoms with Crippen LogP contribution in [0.25, 0.3) is 0 Å². The van der Waals surface area contributed by atoms with Crippen LogP contribution < -0.4 is 5.73 Å². The van der Waals surface area contributed by atoms with Crippen molar-refractivity contribution in [3.05, 3.63) is 35.4 Å². The maximum Gasteiger partial charge on any atom is 0.129 e. The van der Waals surface area contributed by atoms with Gasteiger partial charge >= 0.3 is 0 Å². The summed E-state index contributed by atoms with van der Waals surface area (Å²) in [4.78, 5) is 5.31. The standard InChI is InChI=1S/C24H35F2N3O/c25-17-5-6-21(26)20(13-17)23-22(27)14-19(15-30-23)28-10-7-24(8-11-28)9-12-29(16-24)18-3-1-2-4-18/h5-6,13,18-19,22-23H,1-4,7-12,14-16,27H2. The fourth-order valence-corrected chi connectivity index (χ4v) is 6.47. The molecule has 3 heterocycles. The highest BCUT2D eigenvalue weighted by atomic mass is 19.1. The van der Waals surface area contributed by atoms with Crippen molar-refractivity contribution in [2.24, 2.45) is 11.1 Å². The summed E-state index contributed by atoms with van der Waals surface area (Å²) in [6, 6.07) is 4.32. The number of hydrogen-bond acceptors (Lipinski definition) is 4. The largest absolute Gasteiger partial charge is 0.370 e. The molecule has 166 valence electrons. The summed E-state index contributed by atoms with van der Waals surface area (Å²) < 4.78 is 33.8. The SMILES string of the molecule is NC1CC(N2CCC3(CC2)CCN(C2CCCC2)C3)COC1c1cc(F)ccc1F. The first-order valence-corrected chi connectivity index (χ1v) is 11.8. The van der Waals surface area contributed by atoms with E-state index in [1.54, 1.807) is 0 Å². The summed E-state index contributed by atoms with van der Waals surface area (Å²) in [7, 11) is 0. The van der Waals surface area contributed by atoms with E-state index in [4.69, 9.17) is 10.5 Å². The van der Waals surface area contributed by atoms with Crippen molar-refractivity contribution in [1.82, 2.24) is 9.80 Å². The first-order valence-electron chi connectivity index (χ1n) is 11.8. The lowest BCUT2D eigenvalue weighted by Gasteiger charge is -2.46. The van der Waals surface area contributed by atoms with E-state index in [2.05, 4.69) is 9.80 Å². The predicted molar refractivity (Wildman–Crippen MR) is 113 cm³/mol. The zero-order valence-electron chi connectivity index (χ0n) is 17.9. The second-order valence-corrected chi connectivity index (χ2v) is 10.2. The van der Waals surface area contributed by atoms with E-state index in [1.165, 1.54) is 64.1 Å². The number of nitrogens with zero attached hydrogens (tertiary/aromatic N) is 2. The smallest absolute Gasteiger partial charge is 0.129 e. The van der Waals surface area contributed by atoms with Crippen molar-refractivity contribution in [3.8, 4) is 0 Å². The van der Waals surface area contributed by atoms with E-state index in [9.17, 15) is 8.78 Å². The number of halogens is 2. The van der Waals surface area contributed by atoms with E-state index in [0.717, 1.165) is 37.7 Å². The molecule has 3 saturated heterocycles. The molecule has 0 aromatic heterocycles. The Bertz CT molecular complexity index is 746. The van der Waals surface area contributed by atoms with Crippen LogP contribution >= 0.6 is 0 Å². The Morgan fingerprint density at radius 1 is 0.967 bits per heavy atom. The molecule has 1 aromatic rings. The molecule has 6 heteroatoms. The Morgan fingerprint density at radius 2 is 1.67 bits per heavy atom. The normalized spacial score (nSPS) is 33.5. The third-order valence-electron chi connectivity index (χ3n) is 8.35. The summed E-state index contributed by atoms with van der Waals surface area (Å²) in [5.41, 5.74) is 7.13. The van der Waals surface area contributed by atoms with Gasteiger partial charge in [0.05, 0.1) is 6.61 Å². The van der Waals surface area contributed by atoms with Crippen LogP contribution in [0, 0.1) is 17.0 Å². The van der Waals surface area contributed by atoms with Crippen molar-refractivity contribution in [1.29, 1.82) is 0 Å². The van der Waals surface area contributed by atoms with E-state index < -0.39 is 17.7 Å². The molecule has 3 aliphatic heterocycles. The van der Waals surface area contributed by atoms with Crippen LogP contribution in [0.4, 0.5) is 8.78 Å². The monoisotopic (exact) mass is 419 g/mol. The fourth-order valence-electron chi connectivity index (χ4n) is 6.47. The number of hydrogen-bond donors (Lipinski definition) is 1. The zero-order valence-corrected chi connectivity index (χ0v) is 17.9. The second kappa shape index (κ2) is 8.45. The number of piperidine rings is 1. The molecule has 4 aliphatic rings. The molecule has 3 unspecified atom stereocenters. The summed E-state index contributed by atoms with van der Waals surface area (Å²) >= 11 is 0. The quantitative estimate of drug-likeness (QED) is 0.808. The van der Waals surface area contributed by atoms with Crippen LogP contribution in [0.5, 0.6) is 0 Å². The Labute approximate surface area is 178 Å². The number of rotatable bonds is 3. The average Bonchev–Trinajstić information content (AvgIpc) is 3.41. The molecule has 1 spiro atoms. The molecule has 1 aliphatic carbocycles. The van der Waals surface area contributed by atoms with Crippen LogP contribution in [-0.2, 0) is 4.74 Å². The van der Waals surface area contributed by atoms with Crippen molar-refractivity contribution < 1.29 is 13.5 Å². The van der Waals surface area contributed by atoms with Crippen molar-refractivity contribution >= 4 is 0 Å². The molecule has 4 fully saturated rings. The zero-order chi connectivity index (χ0) is 20.7. The summed E-state index contributed by atoms with van der Waals surface area (Å²) in [5, 5.41) is 0. The Hall–Kier alpha value is -1.08. The van der Waals surface area contributed by atoms with Gasteiger partial charge in [-0.1, -0.05) is 12.8 Å². The molecule has 3 atom stereocenters. The fraction of sp³-hybridized carbons (Fsp3) is 0.750. The molecule has 0 amide bonds. The second-order valence-electron chi connectivity index (χ2n) is 10.2. The highest BCUT2D eigenvalue weighted by Gasteiger charge is 2.44. The van der Waals surface area contributed by atoms with Crippen molar-refractivity contribution in [2.75, 3.05) is 32.8 Å². The molecule has 0 bridgehead atoms. The Kier molecular flexibility index (Phi) is 5.86. The van der Waals surface area contributed by atoms with Crippen LogP contribution in [-0.4, -0.2) is 60.7 Å². The first-order chi connectivity index (χ1) is 14.5. The first kappa shape index (κ1) is 20.8. The van der Waals surface area contributed by atoms with Crippen LogP contribution in [0.2, 0.25) is 0 Å². The molecule has 30 heavy (non-hydrogen) atoms. The third kappa shape index (κ3) is 4.04. The number of benzene rings is 1. The van der Waals surface area contributed by atoms with E-state index in [1.807, 2.05) is 0 Å². The van der Waals surface area contributed by atoms with Gasteiger partial charge in [-0.2, -0.15) is 0 Å². The number of nitrogens with two attached hydrogens (primary N) is 1. The maximum absolute atomic E-state index is 14.2. The van der Waals surface area contributed by atoms with E-state index in [0.29, 0.717) is 12.0 Å². The summed E-state index contributed by atoms with van der Waals surface area (Å²) in [5.74, 6) is -0.892. The molecule has 1 aromatic carbocycles. The maximum atomic E-state index is 14.2. The lowest BCUT2D eigenvalue weighted by atomic mass is 9.77. The minimum absolute atomic E-state index is 0.247. The summed E-state index contributed by atoms with van der Waals surface area (Å²) in [6.45, 7) is 5.29. The lowest BCUT2D eigenvalue weighted by Crippen LogP contribution is -2.53. The van der Waals surface area contributed by atoms with Gasteiger partial charge in [0.2, 0.25) is 0 Å². The minimum Gasteiger partial charge on any atom is -0.370 e. The van der Waals surface area contributed by atoms with Gasteiger partial charge in [-0.3, -0.25) is 9.80 Å². The van der Waals surface area contributed by atoms with Gasteiger partial charge in [-0.15, -0.1) is 0 Å². The van der Waals surface area contributed by atoms with E-state index in [-0.39, 0.29) is 17.6 Å². The van der Waals surface area contributed by atoms with Gasteiger partial charge in [0.25, 0.3) is 0 Å². The van der Waals surface area contributed by atoms with Gasteiger partial charge in [-0.05, 0) is 81.8 Å². The van der Waals surface area contributed by atoms with Crippen LogP contribution in [0.3, 0.4) is 0 Å². The molecule has 0 radical (unpaired) electrons. The molecular weight excluding hydrogens is 384 g/mol. The van der Waals surface area contributed by atoms with Crippen LogP contribution in [0.1, 0.15) is 63.0 Å². The molecule has 2 N–H and O–H groups in total. The summed E-state index contributed by atoms with van der Waals surface area (Å²) in [6.07, 6.45) is 9.66. The predicted octanol–water partition coefficient (Wildman–Crippen LogP) is 3.85. The van der Waals surface area contributed by atoms with Gasteiger partial charge in [0.1, 0.15) is 17.7 Å². The molecule has 4 nitrogen and oxygen atoms in total. The highest BCUT2D eigenvalue weighted by molar-refractivity contribution is 5.23. The average molecular weight is 420 g/mol. The number of likely N-dealkylation sites (tertiary alicyclic amines) is 2. The Balaban J connectivity index is 1.16. The van der Waals surface area contributed by atoms with Crippen molar-refractivity contribution in [2.45, 2.75) is 75.6 Å². The van der Waals surface area contributed by atoms with E-state index >= 15 is 0 Å².